The molecule has 0 spiro atoms. The van der Waals surface area contributed by atoms with Gasteiger partial charge in [-0.1, -0.05) is 24.6 Å². The van der Waals surface area contributed by atoms with Crippen molar-refractivity contribution in [3.63, 3.8) is 0 Å². The lowest BCUT2D eigenvalue weighted by Crippen LogP contribution is -2.26. The number of thiophene rings is 1. The molecule has 0 saturated carbocycles. The van der Waals surface area contributed by atoms with Crippen LogP contribution in [0, 0.1) is 0 Å². The molecule has 1 aromatic carbocycles. The van der Waals surface area contributed by atoms with Crippen LogP contribution < -0.4 is 4.74 Å². The number of amides is 1. The molecular formula is C20H19ClN2O4S. The van der Waals surface area contributed by atoms with Crippen LogP contribution in [-0.2, 0) is 11.2 Å². The van der Waals surface area contributed by atoms with E-state index in [1.165, 1.54) is 11.3 Å². The molecule has 1 amide bonds. The van der Waals surface area contributed by atoms with E-state index in [-0.39, 0.29) is 12.3 Å². The summed E-state index contributed by atoms with van der Waals surface area (Å²) < 4.78 is 6.71. The first-order valence-electron chi connectivity index (χ1n) is 8.71. The van der Waals surface area contributed by atoms with Gasteiger partial charge in [-0.3, -0.25) is 14.6 Å². The standard InChI is InChI=1S/C20H19ClN2O4S/c1-3-8-23(2)20(26)17-11-15-19(28-17)16(6-7-22-15)27-13-5-4-12(9-18(24)25)14(21)10-13/h4-7,10-11H,3,8-9H2,1-2H3,(H,24,25). The highest BCUT2D eigenvalue weighted by Crippen LogP contribution is 2.36. The zero-order valence-electron chi connectivity index (χ0n) is 15.4. The minimum Gasteiger partial charge on any atom is -0.481 e. The van der Waals surface area contributed by atoms with Crippen molar-refractivity contribution in [2.45, 2.75) is 19.8 Å². The number of benzene rings is 1. The Bertz CT molecular complexity index is 1030. The van der Waals surface area contributed by atoms with Gasteiger partial charge in [-0.15, -0.1) is 11.3 Å². The summed E-state index contributed by atoms with van der Waals surface area (Å²) in [5.41, 5.74) is 1.20. The molecule has 0 radical (unpaired) electrons. The van der Waals surface area contributed by atoms with E-state index in [1.54, 1.807) is 48.5 Å². The number of ether oxygens (including phenoxy) is 1. The van der Waals surface area contributed by atoms with E-state index < -0.39 is 5.97 Å². The predicted octanol–water partition coefficient (Wildman–Crippen LogP) is 4.85. The molecule has 3 aromatic rings. The number of carbonyl (C=O) groups is 2. The molecular weight excluding hydrogens is 400 g/mol. The van der Waals surface area contributed by atoms with Crippen LogP contribution in [-0.4, -0.2) is 40.5 Å². The van der Waals surface area contributed by atoms with Crippen molar-refractivity contribution >= 4 is 45.0 Å². The normalized spacial score (nSPS) is 10.8. The molecule has 8 heteroatoms. The lowest BCUT2D eigenvalue weighted by Gasteiger charge is -2.14. The molecule has 2 heterocycles. The van der Waals surface area contributed by atoms with Crippen molar-refractivity contribution in [2.75, 3.05) is 13.6 Å². The molecule has 146 valence electrons. The topological polar surface area (TPSA) is 79.7 Å². The number of hydrogen-bond donors (Lipinski definition) is 1. The molecule has 0 aliphatic rings. The lowest BCUT2D eigenvalue weighted by molar-refractivity contribution is -0.136. The SMILES string of the molecule is CCCN(C)C(=O)c1cc2nccc(Oc3ccc(CC(=O)O)c(Cl)c3)c2s1. The molecule has 0 bridgehead atoms. The molecule has 2 aromatic heterocycles. The third-order valence-electron chi connectivity index (χ3n) is 4.09. The number of pyridine rings is 1. The summed E-state index contributed by atoms with van der Waals surface area (Å²) in [6.45, 7) is 2.71. The highest BCUT2D eigenvalue weighted by molar-refractivity contribution is 7.21. The van der Waals surface area contributed by atoms with Crippen LogP contribution in [0.4, 0.5) is 0 Å². The first-order valence-corrected chi connectivity index (χ1v) is 9.90. The number of carboxylic acid groups (broad SMARTS) is 1. The monoisotopic (exact) mass is 418 g/mol. The van der Waals surface area contributed by atoms with Crippen LogP contribution in [0.5, 0.6) is 11.5 Å². The van der Waals surface area contributed by atoms with Crippen LogP contribution in [0.15, 0.2) is 36.5 Å². The number of rotatable bonds is 7. The summed E-state index contributed by atoms with van der Waals surface area (Å²) >= 11 is 7.50. The number of nitrogens with zero attached hydrogens (tertiary/aromatic N) is 2. The Morgan fingerprint density at radius 2 is 2.07 bits per heavy atom. The number of hydrogen-bond acceptors (Lipinski definition) is 5. The van der Waals surface area contributed by atoms with E-state index in [1.807, 2.05) is 6.92 Å². The Morgan fingerprint density at radius 1 is 1.29 bits per heavy atom. The van der Waals surface area contributed by atoms with Crippen molar-refractivity contribution in [3.8, 4) is 11.5 Å². The minimum absolute atomic E-state index is 0.0446. The van der Waals surface area contributed by atoms with Crippen LogP contribution in [0.3, 0.4) is 0 Å². The van der Waals surface area contributed by atoms with Gasteiger partial charge < -0.3 is 14.7 Å². The van der Waals surface area contributed by atoms with Crippen molar-refractivity contribution < 1.29 is 19.4 Å². The van der Waals surface area contributed by atoms with Crippen molar-refractivity contribution in [1.82, 2.24) is 9.88 Å². The Balaban J connectivity index is 1.88. The van der Waals surface area contributed by atoms with Crippen LogP contribution in [0.25, 0.3) is 10.2 Å². The number of aliphatic carboxylic acids is 1. The first kappa shape index (κ1) is 20.1. The Morgan fingerprint density at radius 3 is 2.75 bits per heavy atom. The van der Waals surface area contributed by atoms with Gasteiger partial charge >= 0.3 is 5.97 Å². The second-order valence-corrected chi connectivity index (χ2v) is 7.75. The third-order valence-corrected chi connectivity index (χ3v) is 5.56. The number of fused-ring (bicyclic) bond motifs is 1. The maximum Gasteiger partial charge on any atom is 0.307 e. The van der Waals surface area contributed by atoms with Crippen molar-refractivity contribution in [1.29, 1.82) is 0 Å². The van der Waals surface area contributed by atoms with Crippen LogP contribution in [0.1, 0.15) is 28.6 Å². The number of carboxylic acids is 1. The van der Waals surface area contributed by atoms with E-state index in [9.17, 15) is 9.59 Å². The van der Waals surface area contributed by atoms with Crippen LogP contribution >= 0.6 is 22.9 Å². The zero-order valence-corrected chi connectivity index (χ0v) is 17.0. The van der Waals surface area contributed by atoms with Crippen LogP contribution in [0.2, 0.25) is 5.02 Å². The molecule has 0 aliphatic heterocycles. The highest BCUT2D eigenvalue weighted by atomic mass is 35.5. The van der Waals surface area contributed by atoms with Gasteiger partial charge in [0.15, 0.2) is 0 Å². The van der Waals surface area contributed by atoms with E-state index in [2.05, 4.69) is 4.98 Å². The van der Waals surface area contributed by atoms with Gasteiger partial charge in [0, 0.05) is 30.9 Å². The molecule has 1 N–H and O–H groups in total. The predicted molar refractivity (Wildman–Crippen MR) is 110 cm³/mol. The maximum absolute atomic E-state index is 12.5. The molecule has 0 atom stereocenters. The van der Waals surface area contributed by atoms with Gasteiger partial charge in [-0.2, -0.15) is 0 Å². The van der Waals surface area contributed by atoms with E-state index in [0.29, 0.717) is 39.0 Å². The number of aromatic nitrogens is 1. The van der Waals surface area contributed by atoms with Gasteiger partial charge in [0.05, 0.1) is 21.5 Å². The second kappa shape index (κ2) is 8.58. The van der Waals surface area contributed by atoms with E-state index in [0.717, 1.165) is 11.1 Å². The molecule has 28 heavy (non-hydrogen) atoms. The third kappa shape index (κ3) is 4.43. The number of carbonyl (C=O) groups excluding carboxylic acids is 1. The Kier molecular flexibility index (Phi) is 6.16. The fraction of sp³-hybridized carbons (Fsp3) is 0.250. The molecule has 0 fully saturated rings. The van der Waals surface area contributed by atoms with Gasteiger partial charge in [0.25, 0.3) is 5.91 Å². The number of halogens is 1. The van der Waals surface area contributed by atoms with E-state index in [4.69, 9.17) is 21.4 Å². The molecule has 6 nitrogen and oxygen atoms in total. The smallest absolute Gasteiger partial charge is 0.307 e. The fourth-order valence-electron chi connectivity index (χ4n) is 2.75. The summed E-state index contributed by atoms with van der Waals surface area (Å²) in [6.07, 6.45) is 2.35. The zero-order chi connectivity index (χ0) is 20.3. The first-order chi connectivity index (χ1) is 13.4. The molecule has 0 unspecified atom stereocenters. The summed E-state index contributed by atoms with van der Waals surface area (Å²) in [7, 11) is 1.78. The van der Waals surface area contributed by atoms with Crippen molar-refractivity contribution in [3.05, 3.63) is 52.0 Å². The highest BCUT2D eigenvalue weighted by Gasteiger charge is 2.17. The molecule has 0 aliphatic carbocycles. The fourth-order valence-corrected chi connectivity index (χ4v) is 4.05. The molecule has 3 rings (SSSR count). The maximum atomic E-state index is 12.5. The summed E-state index contributed by atoms with van der Waals surface area (Å²) in [5, 5.41) is 9.23. The minimum atomic E-state index is -0.949. The Hall–Kier alpha value is -2.64. The summed E-state index contributed by atoms with van der Waals surface area (Å²) in [6, 6.07) is 8.38. The average Bonchev–Trinajstić information content (AvgIpc) is 3.08. The largest absolute Gasteiger partial charge is 0.481 e. The van der Waals surface area contributed by atoms with Crippen molar-refractivity contribution in [2.24, 2.45) is 0 Å². The van der Waals surface area contributed by atoms with Gasteiger partial charge in [0.1, 0.15) is 11.5 Å². The average molecular weight is 419 g/mol. The van der Waals surface area contributed by atoms with Gasteiger partial charge in [0.2, 0.25) is 0 Å². The van der Waals surface area contributed by atoms with E-state index >= 15 is 0 Å². The van der Waals surface area contributed by atoms with Gasteiger partial charge in [-0.25, -0.2) is 0 Å². The molecule has 0 saturated heterocycles. The summed E-state index contributed by atoms with van der Waals surface area (Å²) in [5.74, 6) is 0.0531. The second-order valence-electron chi connectivity index (χ2n) is 6.29. The lowest BCUT2D eigenvalue weighted by atomic mass is 10.1. The van der Waals surface area contributed by atoms with Gasteiger partial charge in [-0.05, 0) is 30.2 Å². The quantitative estimate of drug-likeness (QED) is 0.593. The summed E-state index contributed by atoms with van der Waals surface area (Å²) in [4.78, 5) is 30.0. The Labute approximate surface area is 171 Å².